The summed E-state index contributed by atoms with van der Waals surface area (Å²) in [6.07, 6.45) is 3.07. The summed E-state index contributed by atoms with van der Waals surface area (Å²) in [5.74, 6) is -0.0360. The average Bonchev–Trinajstić information content (AvgIpc) is 2.76. The zero-order chi connectivity index (χ0) is 21.7. The highest BCUT2D eigenvalue weighted by Crippen LogP contribution is 2.28. The molecule has 2 aromatic rings. The molecule has 0 spiro atoms. The fourth-order valence-electron chi connectivity index (χ4n) is 3.88. The first-order valence-electron chi connectivity index (χ1n) is 10.8. The molecule has 0 unspecified atom stereocenters. The molecule has 0 radical (unpaired) electrons. The molecule has 2 aromatic carbocycles. The van der Waals surface area contributed by atoms with Crippen molar-refractivity contribution in [1.82, 2.24) is 4.31 Å². The van der Waals surface area contributed by atoms with Crippen LogP contribution in [0.4, 0.5) is 5.69 Å². The second-order valence-corrected chi connectivity index (χ2v) is 10.0. The van der Waals surface area contributed by atoms with Crippen LogP contribution < -0.4 is 4.90 Å². The number of sulfonamides is 1. The summed E-state index contributed by atoms with van der Waals surface area (Å²) in [5.41, 5.74) is 2.96. The fraction of sp³-hybridized carbons (Fsp3) is 0.458. The number of hydrogen-bond acceptors (Lipinski definition) is 3. The third-order valence-corrected chi connectivity index (χ3v) is 7.88. The maximum absolute atomic E-state index is 13.3. The van der Waals surface area contributed by atoms with E-state index in [9.17, 15) is 13.2 Å². The van der Waals surface area contributed by atoms with E-state index in [2.05, 4.69) is 6.92 Å². The van der Waals surface area contributed by atoms with Gasteiger partial charge in [0, 0.05) is 31.2 Å². The zero-order valence-corrected chi connectivity index (χ0v) is 19.0. The lowest BCUT2D eigenvalue weighted by Crippen LogP contribution is -2.44. The number of benzene rings is 2. The summed E-state index contributed by atoms with van der Waals surface area (Å²) >= 11 is 0. The van der Waals surface area contributed by atoms with Crippen LogP contribution in [0.2, 0.25) is 0 Å². The van der Waals surface area contributed by atoms with E-state index >= 15 is 0 Å². The molecule has 1 amide bonds. The van der Waals surface area contributed by atoms with Gasteiger partial charge in [0.1, 0.15) is 0 Å². The van der Waals surface area contributed by atoms with Crippen LogP contribution in [0.15, 0.2) is 53.4 Å². The lowest BCUT2D eigenvalue weighted by atomic mass is 9.96. The van der Waals surface area contributed by atoms with Gasteiger partial charge in [-0.2, -0.15) is 4.31 Å². The predicted octanol–water partition coefficient (Wildman–Crippen LogP) is 4.54. The molecule has 30 heavy (non-hydrogen) atoms. The van der Waals surface area contributed by atoms with E-state index in [4.69, 9.17) is 0 Å². The molecule has 1 heterocycles. The van der Waals surface area contributed by atoms with Crippen LogP contribution in [-0.2, 0) is 14.8 Å². The minimum atomic E-state index is -3.53. The van der Waals surface area contributed by atoms with Gasteiger partial charge in [0.2, 0.25) is 15.9 Å². The monoisotopic (exact) mass is 428 g/mol. The lowest BCUT2D eigenvalue weighted by Gasteiger charge is -2.34. The molecular weight excluding hydrogens is 396 g/mol. The van der Waals surface area contributed by atoms with E-state index in [-0.39, 0.29) is 11.8 Å². The van der Waals surface area contributed by atoms with E-state index in [1.54, 1.807) is 12.1 Å². The summed E-state index contributed by atoms with van der Waals surface area (Å²) < 4.78 is 27.6. The van der Waals surface area contributed by atoms with Gasteiger partial charge in [0.05, 0.1) is 4.90 Å². The summed E-state index contributed by atoms with van der Waals surface area (Å²) in [4.78, 5) is 15.5. The number of aryl methyl sites for hydroxylation is 2. The number of nitrogens with zero attached hydrogens (tertiary/aromatic N) is 2. The maximum Gasteiger partial charge on any atom is 0.243 e. The normalized spacial score (nSPS) is 15.8. The highest BCUT2D eigenvalue weighted by atomic mass is 32.2. The smallest absolute Gasteiger partial charge is 0.243 e. The lowest BCUT2D eigenvalue weighted by molar-refractivity contribution is -0.123. The molecule has 0 aromatic heterocycles. The number of unbranched alkanes of at least 4 members (excludes halogenated alkanes) is 1. The van der Waals surface area contributed by atoms with E-state index < -0.39 is 10.0 Å². The molecule has 1 aliphatic heterocycles. The molecule has 1 fully saturated rings. The van der Waals surface area contributed by atoms with Crippen molar-refractivity contribution < 1.29 is 13.2 Å². The molecule has 0 bridgehead atoms. The van der Waals surface area contributed by atoms with Crippen molar-refractivity contribution in [2.45, 2.75) is 51.3 Å². The minimum Gasteiger partial charge on any atom is -0.312 e. The Balaban J connectivity index is 1.70. The van der Waals surface area contributed by atoms with Crippen molar-refractivity contribution >= 4 is 21.6 Å². The summed E-state index contributed by atoms with van der Waals surface area (Å²) in [6, 6.07) is 15.0. The van der Waals surface area contributed by atoms with E-state index in [0.29, 0.717) is 37.4 Å². The standard InChI is InChI=1S/C24H32N2O3S/c1-4-5-15-26(22-9-7-6-8-10-22)24(27)21-13-16-25(17-14-21)30(28,29)23-12-11-19(2)20(3)18-23/h6-12,18,21H,4-5,13-17H2,1-3H3. The molecule has 1 aliphatic rings. The topological polar surface area (TPSA) is 57.7 Å². The SMILES string of the molecule is CCCCN(C(=O)C1CCN(S(=O)(=O)c2ccc(C)c(C)c2)CC1)c1ccccc1. The summed E-state index contributed by atoms with van der Waals surface area (Å²) in [7, 11) is -3.53. The number of amides is 1. The van der Waals surface area contributed by atoms with Crippen LogP contribution in [-0.4, -0.2) is 38.3 Å². The first-order valence-corrected chi connectivity index (χ1v) is 12.2. The number of carbonyl (C=O) groups is 1. The van der Waals surface area contributed by atoms with Gasteiger partial charge >= 0.3 is 0 Å². The summed E-state index contributed by atoms with van der Waals surface area (Å²) in [6.45, 7) is 7.46. The van der Waals surface area contributed by atoms with E-state index in [1.807, 2.05) is 55.1 Å². The van der Waals surface area contributed by atoms with Gasteiger partial charge in [-0.3, -0.25) is 4.79 Å². The number of hydrogen-bond donors (Lipinski definition) is 0. The Kier molecular flexibility index (Phi) is 7.32. The highest BCUT2D eigenvalue weighted by molar-refractivity contribution is 7.89. The zero-order valence-electron chi connectivity index (χ0n) is 18.2. The van der Waals surface area contributed by atoms with Gasteiger partial charge in [-0.05, 0) is 68.5 Å². The molecular formula is C24H32N2O3S. The van der Waals surface area contributed by atoms with Crippen molar-refractivity contribution in [3.05, 3.63) is 59.7 Å². The molecule has 0 N–H and O–H groups in total. The van der Waals surface area contributed by atoms with Crippen molar-refractivity contribution in [3.8, 4) is 0 Å². The van der Waals surface area contributed by atoms with Gasteiger partial charge in [0.15, 0.2) is 0 Å². The van der Waals surface area contributed by atoms with Gasteiger partial charge in [0.25, 0.3) is 0 Å². The largest absolute Gasteiger partial charge is 0.312 e. The van der Waals surface area contributed by atoms with Crippen LogP contribution in [0.25, 0.3) is 0 Å². The van der Waals surface area contributed by atoms with Crippen molar-refractivity contribution in [3.63, 3.8) is 0 Å². The molecule has 0 atom stereocenters. The minimum absolute atomic E-state index is 0.109. The van der Waals surface area contributed by atoms with Gasteiger partial charge in [-0.1, -0.05) is 37.6 Å². The average molecular weight is 429 g/mol. The Bertz CT molecular complexity index is 965. The number of rotatable bonds is 7. The molecule has 0 saturated carbocycles. The Labute approximate surface area is 180 Å². The molecule has 6 heteroatoms. The highest BCUT2D eigenvalue weighted by Gasteiger charge is 2.34. The van der Waals surface area contributed by atoms with Crippen molar-refractivity contribution in [1.29, 1.82) is 0 Å². The van der Waals surface area contributed by atoms with Crippen molar-refractivity contribution in [2.24, 2.45) is 5.92 Å². The number of carbonyl (C=O) groups excluding carboxylic acids is 1. The second kappa shape index (κ2) is 9.75. The predicted molar refractivity (Wildman–Crippen MR) is 121 cm³/mol. The van der Waals surface area contributed by atoms with Crippen LogP contribution in [0.1, 0.15) is 43.7 Å². The Morgan fingerprint density at radius 3 is 2.30 bits per heavy atom. The fourth-order valence-corrected chi connectivity index (χ4v) is 5.43. The quantitative estimate of drug-likeness (QED) is 0.651. The molecule has 3 rings (SSSR count). The number of anilines is 1. The van der Waals surface area contributed by atoms with E-state index in [0.717, 1.165) is 29.7 Å². The third kappa shape index (κ3) is 4.93. The molecule has 5 nitrogen and oxygen atoms in total. The van der Waals surface area contributed by atoms with Crippen LogP contribution in [0.5, 0.6) is 0 Å². The summed E-state index contributed by atoms with van der Waals surface area (Å²) in [5, 5.41) is 0. The molecule has 162 valence electrons. The van der Waals surface area contributed by atoms with Gasteiger partial charge in [-0.15, -0.1) is 0 Å². The van der Waals surface area contributed by atoms with Crippen LogP contribution in [0.3, 0.4) is 0 Å². The number of para-hydroxylation sites is 1. The van der Waals surface area contributed by atoms with Crippen molar-refractivity contribution in [2.75, 3.05) is 24.5 Å². The van der Waals surface area contributed by atoms with E-state index in [1.165, 1.54) is 4.31 Å². The third-order valence-electron chi connectivity index (χ3n) is 5.99. The Morgan fingerprint density at radius 1 is 1.03 bits per heavy atom. The Hall–Kier alpha value is -2.18. The first-order chi connectivity index (χ1) is 14.3. The van der Waals surface area contributed by atoms with Crippen LogP contribution in [0, 0.1) is 19.8 Å². The number of piperidine rings is 1. The molecule has 0 aliphatic carbocycles. The second-order valence-electron chi connectivity index (χ2n) is 8.10. The van der Waals surface area contributed by atoms with Gasteiger partial charge < -0.3 is 4.90 Å². The van der Waals surface area contributed by atoms with Crippen LogP contribution >= 0.6 is 0 Å². The first kappa shape index (κ1) is 22.5. The maximum atomic E-state index is 13.3. The Morgan fingerprint density at radius 2 is 1.70 bits per heavy atom. The molecule has 1 saturated heterocycles. The van der Waals surface area contributed by atoms with Gasteiger partial charge in [-0.25, -0.2) is 8.42 Å².